The Morgan fingerprint density at radius 2 is 2.09 bits per heavy atom. The second-order valence-corrected chi connectivity index (χ2v) is 5.92. The van der Waals surface area contributed by atoms with Crippen LogP contribution >= 0.6 is 12.4 Å². The maximum absolute atomic E-state index is 4.26. The van der Waals surface area contributed by atoms with Gasteiger partial charge in [-0.2, -0.15) is 5.10 Å². The number of likely N-dealkylation sites (tertiary alicyclic amines) is 1. The van der Waals surface area contributed by atoms with E-state index in [1.54, 1.807) is 0 Å². The first-order chi connectivity index (χ1) is 10.3. The second kappa shape index (κ2) is 8.32. The Morgan fingerprint density at radius 1 is 1.27 bits per heavy atom. The molecule has 0 bridgehead atoms. The number of hydrogen-bond acceptors (Lipinski definition) is 3. The maximum Gasteiger partial charge on any atom is 0.0645 e. The maximum atomic E-state index is 4.26. The van der Waals surface area contributed by atoms with E-state index in [2.05, 4.69) is 39.6 Å². The molecule has 1 atom stereocenters. The molecule has 1 aliphatic heterocycles. The van der Waals surface area contributed by atoms with Crippen molar-refractivity contribution in [1.29, 1.82) is 0 Å². The highest BCUT2D eigenvalue weighted by Crippen LogP contribution is 2.18. The lowest BCUT2D eigenvalue weighted by Crippen LogP contribution is -2.38. The minimum absolute atomic E-state index is 0. The third kappa shape index (κ3) is 4.32. The lowest BCUT2D eigenvalue weighted by molar-refractivity contribution is 0.167. The Labute approximate surface area is 138 Å². The van der Waals surface area contributed by atoms with E-state index in [0.29, 0.717) is 0 Å². The highest BCUT2D eigenvalue weighted by molar-refractivity contribution is 5.85. The summed E-state index contributed by atoms with van der Waals surface area (Å²) in [6.07, 6.45) is 6.46. The molecule has 4 nitrogen and oxygen atoms in total. The van der Waals surface area contributed by atoms with Crippen molar-refractivity contribution in [3.8, 4) is 5.69 Å². The van der Waals surface area contributed by atoms with Crippen LogP contribution < -0.4 is 5.32 Å². The molecular weight excluding hydrogens is 296 g/mol. The molecule has 2 aromatic rings. The van der Waals surface area contributed by atoms with Crippen LogP contribution in [0.3, 0.4) is 0 Å². The molecule has 0 amide bonds. The molecule has 1 aromatic heterocycles. The molecule has 1 N–H and O–H groups in total. The van der Waals surface area contributed by atoms with Crippen molar-refractivity contribution >= 4 is 12.4 Å². The Balaban J connectivity index is 0.00000176. The summed E-state index contributed by atoms with van der Waals surface area (Å²) in [5.41, 5.74) is 2.51. The summed E-state index contributed by atoms with van der Waals surface area (Å²) in [5, 5.41) is 7.57. The highest BCUT2D eigenvalue weighted by Gasteiger charge is 2.19. The number of benzene rings is 1. The fourth-order valence-corrected chi connectivity index (χ4v) is 3.18. The van der Waals surface area contributed by atoms with Gasteiger partial charge in [0.15, 0.2) is 0 Å². The number of halogens is 1. The van der Waals surface area contributed by atoms with Crippen LogP contribution in [-0.2, 0) is 6.54 Å². The Kier molecular flexibility index (Phi) is 6.43. The molecule has 22 heavy (non-hydrogen) atoms. The average molecular weight is 321 g/mol. The minimum Gasteiger partial charge on any atom is -0.319 e. The Hall–Kier alpha value is -1.36. The first-order valence-electron chi connectivity index (χ1n) is 7.81. The van der Waals surface area contributed by atoms with Gasteiger partial charge in [-0.3, -0.25) is 4.90 Å². The number of aromatic nitrogens is 2. The van der Waals surface area contributed by atoms with Crippen LogP contribution in [0, 0.1) is 5.92 Å². The van der Waals surface area contributed by atoms with Gasteiger partial charge in [0.05, 0.1) is 5.69 Å². The van der Waals surface area contributed by atoms with E-state index in [9.17, 15) is 0 Å². The zero-order chi connectivity index (χ0) is 14.5. The molecule has 0 aliphatic carbocycles. The molecule has 0 spiro atoms. The van der Waals surface area contributed by atoms with Crippen LogP contribution in [0.1, 0.15) is 18.4 Å². The summed E-state index contributed by atoms with van der Waals surface area (Å²) >= 11 is 0. The van der Waals surface area contributed by atoms with E-state index < -0.39 is 0 Å². The second-order valence-electron chi connectivity index (χ2n) is 5.92. The lowest BCUT2D eigenvalue weighted by Gasteiger charge is -2.32. The third-order valence-electron chi connectivity index (χ3n) is 4.21. The summed E-state index contributed by atoms with van der Waals surface area (Å²) in [6.45, 7) is 4.62. The average Bonchev–Trinajstić information content (AvgIpc) is 3.03. The smallest absolute Gasteiger partial charge is 0.0645 e. The van der Waals surface area contributed by atoms with Gasteiger partial charge in [0, 0.05) is 25.5 Å². The van der Waals surface area contributed by atoms with E-state index >= 15 is 0 Å². The monoisotopic (exact) mass is 320 g/mol. The molecule has 120 valence electrons. The molecular formula is C17H25ClN4. The standard InChI is InChI=1S/C17H24N4.ClH/c1-18-12-16-4-2-10-20(14-16)13-15-5-7-17(8-6-15)21-11-3-9-19-21;/h3,5-9,11,16,18H,2,4,10,12-14H2,1H3;1H. The van der Waals surface area contributed by atoms with Crippen molar-refractivity contribution < 1.29 is 0 Å². The molecule has 1 fully saturated rings. The van der Waals surface area contributed by atoms with E-state index in [1.165, 1.54) is 31.5 Å². The van der Waals surface area contributed by atoms with Crippen LogP contribution in [0.15, 0.2) is 42.7 Å². The van der Waals surface area contributed by atoms with Gasteiger partial charge in [0.25, 0.3) is 0 Å². The van der Waals surface area contributed by atoms with Gasteiger partial charge >= 0.3 is 0 Å². The summed E-state index contributed by atoms with van der Waals surface area (Å²) in [7, 11) is 2.05. The summed E-state index contributed by atoms with van der Waals surface area (Å²) in [6, 6.07) is 10.7. The fraction of sp³-hybridized carbons (Fsp3) is 0.471. The van der Waals surface area contributed by atoms with E-state index in [0.717, 1.165) is 24.7 Å². The van der Waals surface area contributed by atoms with E-state index in [-0.39, 0.29) is 12.4 Å². The molecule has 1 aliphatic rings. The third-order valence-corrected chi connectivity index (χ3v) is 4.21. The Bertz CT molecular complexity index is 536. The molecule has 3 rings (SSSR count). The quantitative estimate of drug-likeness (QED) is 0.919. The lowest BCUT2D eigenvalue weighted by atomic mass is 9.97. The van der Waals surface area contributed by atoms with Crippen LogP contribution in [0.25, 0.3) is 5.69 Å². The van der Waals surface area contributed by atoms with Crippen LogP contribution in [0.2, 0.25) is 0 Å². The van der Waals surface area contributed by atoms with Gasteiger partial charge in [-0.05, 0) is 62.7 Å². The zero-order valence-electron chi connectivity index (χ0n) is 13.1. The number of hydrogen-bond donors (Lipinski definition) is 1. The molecule has 5 heteroatoms. The largest absolute Gasteiger partial charge is 0.319 e. The SMILES string of the molecule is CNCC1CCCN(Cc2ccc(-n3cccn3)cc2)C1.Cl. The summed E-state index contributed by atoms with van der Waals surface area (Å²) in [4.78, 5) is 2.58. The van der Waals surface area contributed by atoms with E-state index in [1.807, 2.05) is 30.2 Å². The summed E-state index contributed by atoms with van der Waals surface area (Å²) < 4.78 is 1.90. The van der Waals surface area contributed by atoms with Crippen molar-refractivity contribution in [2.75, 3.05) is 26.7 Å². The number of piperidine rings is 1. The molecule has 0 radical (unpaired) electrons. The minimum atomic E-state index is 0. The molecule has 1 unspecified atom stereocenters. The van der Waals surface area contributed by atoms with Crippen LogP contribution in [0.5, 0.6) is 0 Å². The van der Waals surface area contributed by atoms with Crippen molar-refractivity contribution in [3.63, 3.8) is 0 Å². The fourth-order valence-electron chi connectivity index (χ4n) is 3.18. The van der Waals surface area contributed by atoms with Crippen molar-refractivity contribution in [2.24, 2.45) is 5.92 Å². The number of nitrogens with one attached hydrogen (secondary N) is 1. The van der Waals surface area contributed by atoms with E-state index in [4.69, 9.17) is 0 Å². The molecule has 0 saturated carbocycles. The van der Waals surface area contributed by atoms with Crippen molar-refractivity contribution in [1.82, 2.24) is 20.0 Å². The van der Waals surface area contributed by atoms with Gasteiger partial charge in [-0.25, -0.2) is 4.68 Å². The first-order valence-corrected chi connectivity index (χ1v) is 7.81. The van der Waals surface area contributed by atoms with Crippen molar-refractivity contribution in [2.45, 2.75) is 19.4 Å². The Morgan fingerprint density at radius 3 is 2.77 bits per heavy atom. The van der Waals surface area contributed by atoms with Crippen LogP contribution in [-0.4, -0.2) is 41.4 Å². The zero-order valence-corrected chi connectivity index (χ0v) is 13.9. The number of nitrogens with zero attached hydrogens (tertiary/aromatic N) is 3. The van der Waals surface area contributed by atoms with Crippen molar-refractivity contribution in [3.05, 3.63) is 48.3 Å². The van der Waals surface area contributed by atoms with Gasteiger partial charge in [-0.1, -0.05) is 12.1 Å². The van der Waals surface area contributed by atoms with Gasteiger partial charge < -0.3 is 5.32 Å². The molecule has 1 aromatic carbocycles. The number of rotatable bonds is 5. The normalized spacial score (nSPS) is 18.9. The highest BCUT2D eigenvalue weighted by atomic mass is 35.5. The van der Waals surface area contributed by atoms with Gasteiger partial charge in [0.2, 0.25) is 0 Å². The molecule has 2 heterocycles. The van der Waals surface area contributed by atoms with Gasteiger partial charge in [0.1, 0.15) is 0 Å². The first kappa shape index (κ1) is 17.0. The van der Waals surface area contributed by atoms with Crippen LogP contribution in [0.4, 0.5) is 0 Å². The summed E-state index contributed by atoms with van der Waals surface area (Å²) in [5.74, 6) is 0.798. The topological polar surface area (TPSA) is 33.1 Å². The van der Waals surface area contributed by atoms with Gasteiger partial charge in [-0.15, -0.1) is 12.4 Å². The predicted molar refractivity (Wildman–Crippen MR) is 92.7 cm³/mol. The predicted octanol–water partition coefficient (Wildman–Crippen LogP) is 2.73. The molecule has 1 saturated heterocycles.